The van der Waals surface area contributed by atoms with Crippen LogP contribution in [0.15, 0.2) is 29.3 Å². The Labute approximate surface area is 190 Å². The molecule has 0 spiro atoms. The summed E-state index contributed by atoms with van der Waals surface area (Å²) in [6.07, 6.45) is 2.08. The Morgan fingerprint density at radius 1 is 1.21 bits per heavy atom. The van der Waals surface area contributed by atoms with Gasteiger partial charge in [0, 0.05) is 45.0 Å². The van der Waals surface area contributed by atoms with Crippen LogP contribution in [0.25, 0.3) is 0 Å². The van der Waals surface area contributed by atoms with Gasteiger partial charge in [-0.2, -0.15) is 0 Å². The van der Waals surface area contributed by atoms with Crippen LogP contribution >= 0.6 is 24.0 Å². The number of amides is 1. The van der Waals surface area contributed by atoms with Gasteiger partial charge in [0.2, 0.25) is 0 Å². The minimum absolute atomic E-state index is 0. The molecule has 0 radical (unpaired) electrons. The fourth-order valence-corrected chi connectivity index (χ4v) is 2.69. The summed E-state index contributed by atoms with van der Waals surface area (Å²) in [5, 5.41) is 9.30. The molecule has 0 saturated carbocycles. The maximum atomic E-state index is 12.1. The van der Waals surface area contributed by atoms with Crippen LogP contribution in [0.2, 0.25) is 0 Å². The molecule has 1 aromatic rings. The summed E-state index contributed by atoms with van der Waals surface area (Å²) < 4.78 is 16.1. The van der Waals surface area contributed by atoms with Crippen LogP contribution in [0.5, 0.6) is 5.75 Å². The van der Waals surface area contributed by atoms with E-state index in [1.165, 1.54) is 0 Å². The molecule has 1 fully saturated rings. The molecule has 3 N–H and O–H groups in total. The zero-order valence-corrected chi connectivity index (χ0v) is 19.6. The summed E-state index contributed by atoms with van der Waals surface area (Å²) >= 11 is 0. The zero-order valence-electron chi connectivity index (χ0n) is 17.2. The quantitative estimate of drug-likeness (QED) is 0.178. The Kier molecular flexibility index (Phi) is 13.4. The number of hydrogen-bond acceptors (Lipinski definition) is 5. The van der Waals surface area contributed by atoms with Crippen LogP contribution in [-0.4, -0.2) is 71.1 Å². The molecular formula is C20H33IN4O4. The van der Waals surface area contributed by atoms with Crippen molar-refractivity contribution in [3.05, 3.63) is 29.8 Å². The Hall–Kier alpha value is -1.59. The molecule has 1 unspecified atom stereocenters. The van der Waals surface area contributed by atoms with Crippen LogP contribution in [0.1, 0.15) is 30.1 Å². The predicted octanol–water partition coefficient (Wildman–Crippen LogP) is 1.79. The van der Waals surface area contributed by atoms with E-state index in [-0.39, 0.29) is 36.0 Å². The molecule has 1 aliphatic rings. The van der Waals surface area contributed by atoms with Gasteiger partial charge in [0.25, 0.3) is 5.91 Å². The lowest BCUT2D eigenvalue weighted by molar-refractivity contribution is 0.0424. The van der Waals surface area contributed by atoms with Gasteiger partial charge in [-0.3, -0.25) is 9.79 Å². The molecule has 1 amide bonds. The number of aliphatic imine (C=N–C) groups is 1. The van der Waals surface area contributed by atoms with Gasteiger partial charge in [-0.25, -0.2) is 0 Å². The molecule has 1 saturated heterocycles. The normalized spacial score (nSPS) is 16.1. The molecule has 0 bridgehead atoms. The lowest BCUT2D eigenvalue weighted by Crippen LogP contribution is -2.41. The highest BCUT2D eigenvalue weighted by atomic mass is 127. The summed E-state index contributed by atoms with van der Waals surface area (Å²) in [5.74, 6) is 1.36. The van der Waals surface area contributed by atoms with Crippen LogP contribution in [0, 0.1) is 0 Å². The smallest absolute Gasteiger partial charge is 0.251 e. The maximum absolute atomic E-state index is 12.1. The number of nitrogens with zero attached hydrogens (tertiary/aromatic N) is 1. The predicted molar refractivity (Wildman–Crippen MR) is 125 cm³/mol. The van der Waals surface area contributed by atoms with E-state index in [2.05, 4.69) is 20.9 Å². The van der Waals surface area contributed by atoms with Crippen molar-refractivity contribution in [2.45, 2.75) is 25.9 Å². The minimum Gasteiger partial charge on any atom is -0.497 e. The lowest BCUT2D eigenvalue weighted by Gasteiger charge is -2.12. The highest BCUT2D eigenvalue weighted by Gasteiger charge is 2.15. The van der Waals surface area contributed by atoms with Gasteiger partial charge in [0.15, 0.2) is 5.96 Å². The van der Waals surface area contributed by atoms with Gasteiger partial charge >= 0.3 is 0 Å². The van der Waals surface area contributed by atoms with Gasteiger partial charge in [0.1, 0.15) is 5.75 Å². The molecule has 0 aliphatic carbocycles. The van der Waals surface area contributed by atoms with Gasteiger partial charge < -0.3 is 30.2 Å². The zero-order chi connectivity index (χ0) is 20.0. The van der Waals surface area contributed by atoms with Crippen LogP contribution in [0.3, 0.4) is 0 Å². The third-order valence-corrected chi connectivity index (χ3v) is 4.21. The first-order chi connectivity index (χ1) is 13.7. The largest absolute Gasteiger partial charge is 0.497 e. The van der Waals surface area contributed by atoms with E-state index < -0.39 is 0 Å². The summed E-state index contributed by atoms with van der Waals surface area (Å²) in [7, 11) is 1.60. The topological polar surface area (TPSA) is 93.2 Å². The second kappa shape index (κ2) is 15.3. The van der Waals surface area contributed by atoms with Crippen molar-refractivity contribution in [1.29, 1.82) is 0 Å². The van der Waals surface area contributed by atoms with Crippen molar-refractivity contribution in [2.24, 2.45) is 4.99 Å². The summed E-state index contributed by atoms with van der Waals surface area (Å²) in [5.41, 5.74) is 0.606. The highest BCUT2D eigenvalue weighted by Crippen LogP contribution is 2.11. The average molecular weight is 520 g/mol. The number of nitrogens with one attached hydrogen (secondary N) is 3. The first-order valence-electron chi connectivity index (χ1n) is 9.86. The molecule has 8 nitrogen and oxygen atoms in total. The van der Waals surface area contributed by atoms with E-state index in [1.807, 2.05) is 6.92 Å². The average Bonchev–Trinajstić information content (AvgIpc) is 3.24. The fourth-order valence-electron chi connectivity index (χ4n) is 2.69. The first-order valence-corrected chi connectivity index (χ1v) is 9.86. The van der Waals surface area contributed by atoms with Crippen molar-refractivity contribution in [1.82, 2.24) is 16.0 Å². The van der Waals surface area contributed by atoms with Gasteiger partial charge in [0.05, 0.1) is 19.8 Å². The van der Waals surface area contributed by atoms with Gasteiger partial charge in [-0.05, 0) is 44.0 Å². The number of methoxy groups -OCH3 is 1. The second-order valence-corrected chi connectivity index (χ2v) is 6.38. The van der Waals surface area contributed by atoms with E-state index in [9.17, 15) is 4.79 Å². The SMILES string of the molecule is CCNC(=NCCCOC1CCOC1)NCCNC(=O)c1ccc(OC)cc1.I. The number of benzene rings is 1. The lowest BCUT2D eigenvalue weighted by atomic mass is 10.2. The molecule has 1 aliphatic heterocycles. The molecule has 1 aromatic carbocycles. The Balaban J connectivity index is 0.00000420. The number of rotatable bonds is 11. The molecule has 2 rings (SSSR count). The standard InChI is InChI=1S/C20H32N4O4.HI/c1-3-21-20(23-10-4-13-28-18-9-14-27-15-18)24-12-11-22-19(25)16-5-7-17(26-2)8-6-16;/h5-8,18H,3-4,9-15H2,1-2H3,(H,22,25)(H2,21,23,24);1H. The van der Waals surface area contributed by atoms with E-state index in [1.54, 1.807) is 31.4 Å². The third-order valence-electron chi connectivity index (χ3n) is 4.21. The van der Waals surface area contributed by atoms with E-state index in [0.29, 0.717) is 38.4 Å². The minimum atomic E-state index is -0.112. The maximum Gasteiger partial charge on any atom is 0.251 e. The number of carbonyl (C=O) groups is 1. The van der Waals surface area contributed by atoms with Crippen molar-refractivity contribution in [3.63, 3.8) is 0 Å². The molecule has 9 heteroatoms. The summed E-state index contributed by atoms with van der Waals surface area (Å²) in [6, 6.07) is 7.03. The van der Waals surface area contributed by atoms with E-state index in [4.69, 9.17) is 14.2 Å². The van der Waals surface area contributed by atoms with Crippen LogP contribution in [0.4, 0.5) is 0 Å². The fraction of sp³-hybridized carbons (Fsp3) is 0.600. The van der Waals surface area contributed by atoms with E-state index in [0.717, 1.165) is 37.7 Å². The van der Waals surface area contributed by atoms with Crippen LogP contribution < -0.4 is 20.7 Å². The van der Waals surface area contributed by atoms with Gasteiger partial charge in [-0.15, -0.1) is 24.0 Å². The van der Waals surface area contributed by atoms with Crippen LogP contribution in [-0.2, 0) is 9.47 Å². The Morgan fingerprint density at radius 3 is 2.62 bits per heavy atom. The molecule has 0 aromatic heterocycles. The summed E-state index contributed by atoms with van der Waals surface area (Å²) in [6.45, 7) is 6.76. The van der Waals surface area contributed by atoms with Crippen molar-refractivity contribution in [3.8, 4) is 5.75 Å². The Bertz CT molecular complexity index is 607. The molecule has 1 atom stereocenters. The number of hydrogen-bond donors (Lipinski definition) is 3. The molecule has 1 heterocycles. The van der Waals surface area contributed by atoms with Crippen molar-refractivity contribution >= 4 is 35.8 Å². The highest BCUT2D eigenvalue weighted by molar-refractivity contribution is 14.0. The molecule has 164 valence electrons. The number of carbonyl (C=O) groups excluding carboxylic acids is 1. The number of ether oxygens (including phenoxy) is 3. The molecule has 29 heavy (non-hydrogen) atoms. The van der Waals surface area contributed by atoms with Crippen molar-refractivity contribution in [2.75, 3.05) is 53.1 Å². The number of guanidine groups is 1. The van der Waals surface area contributed by atoms with Gasteiger partial charge in [-0.1, -0.05) is 0 Å². The summed E-state index contributed by atoms with van der Waals surface area (Å²) in [4.78, 5) is 16.6. The first kappa shape index (κ1) is 25.4. The van der Waals surface area contributed by atoms with Crippen molar-refractivity contribution < 1.29 is 19.0 Å². The second-order valence-electron chi connectivity index (χ2n) is 6.38. The monoisotopic (exact) mass is 520 g/mol. The van der Waals surface area contributed by atoms with E-state index >= 15 is 0 Å². The third kappa shape index (κ3) is 10.1. The number of halogens is 1. The molecular weight excluding hydrogens is 487 g/mol. The Morgan fingerprint density at radius 2 is 1.97 bits per heavy atom.